The fourth-order valence-corrected chi connectivity index (χ4v) is 4.42. The van der Waals surface area contributed by atoms with Crippen molar-refractivity contribution in [3.05, 3.63) is 69.1 Å². The van der Waals surface area contributed by atoms with Gasteiger partial charge in [-0.15, -0.1) is 0 Å². The molecule has 2 aliphatic rings. The molecule has 154 valence electrons. The van der Waals surface area contributed by atoms with E-state index in [-0.39, 0.29) is 23.1 Å². The van der Waals surface area contributed by atoms with E-state index < -0.39 is 0 Å². The van der Waals surface area contributed by atoms with Crippen molar-refractivity contribution < 1.29 is 4.79 Å². The number of nitrogens with one attached hydrogen (secondary N) is 2. The minimum Gasteiger partial charge on any atom is -0.345 e. The van der Waals surface area contributed by atoms with E-state index in [9.17, 15) is 9.59 Å². The second-order valence-corrected chi connectivity index (χ2v) is 8.28. The van der Waals surface area contributed by atoms with Gasteiger partial charge in [0.25, 0.3) is 11.5 Å². The molecule has 0 saturated carbocycles. The SMILES string of the molecule is CN1CCCN(Cc2ccc(C(=O)N[C@@H]3CCCc4ccccc43)c(=O)[nH]2)CC1. The van der Waals surface area contributed by atoms with Gasteiger partial charge in [0.15, 0.2) is 0 Å². The molecule has 2 heterocycles. The molecule has 1 aromatic carbocycles. The van der Waals surface area contributed by atoms with E-state index in [1.165, 1.54) is 11.1 Å². The molecule has 1 aliphatic carbocycles. The van der Waals surface area contributed by atoms with Crippen LogP contribution in [0.1, 0.15) is 52.5 Å². The third-order valence-corrected chi connectivity index (χ3v) is 6.10. The zero-order valence-electron chi connectivity index (χ0n) is 17.1. The smallest absolute Gasteiger partial charge is 0.261 e. The van der Waals surface area contributed by atoms with Gasteiger partial charge in [0, 0.05) is 25.3 Å². The third kappa shape index (κ3) is 4.77. The van der Waals surface area contributed by atoms with Crippen molar-refractivity contribution in [3.63, 3.8) is 0 Å². The monoisotopic (exact) mass is 394 g/mol. The van der Waals surface area contributed by atoms with Gasteiger partial charge in [-0.05, 0) is 69.1 Å². The number of hydrogen-bond acceptors (Lipinski definition) is 4. The summed E-state index contributed by atoms with van der Waals surface area (Å²) in [6, 6.07) is 11.8. The summed E-state index contributed by atoms with van der Waals surface area (Å²) in [6.45, 7) is 4.86. The Labute approximate surface area is 171 Å². The van der Waals surface area contributed by atoms with Crippen LogP contribution in [-0.2, 0) is 13.0 Å². The lowest BCUT2D eigenvalue weighted by atomic mass is 9.87. The van der Waals surface area contributed by atoms with E-state index in [0.29, 0.717) is 6.54 Å². The van der Waals surface area contributed by atoms with Crippen LogP contribution in [0.15, 0.2) is 41.2 Å². The molecule has 1 atom stereocenters. The molecule has 0 unspecified atom stereocenters. The lowest BCUT2D eigenvalue weighted by molar-refractivity contribution is 0.0931. The summed E-state index contributed by atoms with van der Waals surface area (Å²) in [7, 11) is 2.14. The minimum atomic E-state index is -0.309. The van der Waals surface area contributed by atoms with Crippen molar-refractivity contribution in [2.45, 2.75) is 38.3 Å². The van der Waals surface area contributed by atoms with Gasteiger partial charge in [-0.3, -0.25) is 14.5 Å². The first-order valence-corrected chi connectivity index (χ1v) is 10.6. The largest absolute Gasteiger partial charge is 0.345 e. The van der Waals surface area contributed by atoms with E-state index in [4.69, 9.17) is 0 Å². The molecule has 0 bridgehead atoms. The van der Waals surface area contributed by atoms with E-state index in [1.54, 1.807) is 6.07 Å². The first kappa shape index (κ1) is 19.9. The maximum Gasteiger partial charge on any atom is 0.261 e. The number of carbonyl (C=O) groups is 1. The van der Waals surface area contributed by atoms with Gasteiger partial charge in [0.05, 0.1) is 6.04 Å². The van der Waals surface area contributed by atoms with Crippen LogP contribution in [0.3, 0.4) is 0 Å². The molecule has 6 nitrogen and oxygen atoms in total. The van der Waals surface area contributed by atoms with Crippen molar-refractivity contribution in [1.82, 2.24) is 20.1 Å². The van der Waals surface area contributed by atoms with Crippen molar-refractivity contribution in [3.8, 4) is 0 Å². The molecule has 2 N–H and O–H groups in total. The molecule has 29 heavy (non-hydrogen) atoms. The number of rotatable bonds is 4. The van der Waals surface area contributed by atoms with Crippen LogP contribution < -0.4 is 10.9 Å². The fraction of sp³-hybridized carbons (Fsp3) is 0.478. The van der Waals surface area contributed by atoms with Crippen LogP contribution in [0.2, 0.25) is 0 Å². The Morgan fingerprint density at radius 1 is 1.10 bits per heavy atom. The number of hydrogen-bond donors (Lipinski definition) is 2. The Bertz CT molecular complexity index is 923. The normalized spacial score (nSPS) is 20.7. The highest BCUT2D eigenvalue weighted by molar-refractivity contribution is 5.94. The zero-order chi connectivity index (χ0) is 20.2. The number of pyridine rings is 1. The predicted molar refractivity (Wildman–Crippen MR) is 114 cm³/mol. The summed E-state index contributed by atoms with van der Waals surface area (Å²) in [5, 5.41) is 3.07. The van der Waals surface area contributed by atoms with Crippen LogP contribution in [-0.4, -0.2) is 53.9 Å². The number of amides is 1. The van der Waals surface area contributed by atoms with Gasteiger partial charge in [-0.2, -0.15) is 0 Å². The Morgan fingerprint density at radius 2 is 1.97 bits per heavy atom. The number of likely N-dealkylation sites (N-methyl/N-ethyl adjacent to an activating group) is 1. The van der Waals surface area contributed by atoms with Gasteiger partial charge >= 0.3 is 0 Å². The fourth-order valence-electron chi connectivity index (χ4n) is 4.42. The maximum atomic E-state index is 12.8. The highest BCUT2D eigenvalue weighted by atomic mass is 16.2. The molecular formula is C23H30N4O2. The van der Waals surface area contributed by atoms with Crippen LogP contribution in [0, 0.1) is 0 Å². The van der Waals surface area contributed by atoms with E-state index in [0.717, 1.165) is 57.6 Å². The second kappa shape index (κ2) is 8.93. The Morgan fingerprint density at radius 3 is 2.83 bits per heavy atom. The van der Waals surface area contributed by atoms with E-state index in [1.807, 2.05) is 18.2 Å². The molecule has 2 aromatic rings. The summed E-state index contributed by atoms with van der Waals surface area (Å²) < 4.78 is 0. The van der Waals surface area contributed by atoms with E-state index in [2.05, 4.69) is 39.3 Å². The number of aryl methyl sites for hydroxylation is 1. The Hall–Kier alpha value is -2.44. The molecule has 1 aliphatic heterocycles. The topological polar surface area (TPSA) is 68.4 Å². The minimum absolute atomic E-state index is 0.0272. The molecule has 0 spiro atoms. The number of carbonyl (C=O) groups excluding carboxylic acids is 1. The average molecular weight is 395 g/mol. The molecule has 4 rings (SSSR count). The highest BCUT2D eigenvalue weighted by Crippen LogP contribution is 2.29. The van der Waals surface area contributed by atoms with Crippen molar-refractivity contribution in [2.75, 3.05) is 33.2 Å². The van der Waals surface area contributed by atoms with Crippen LogP contribution >= 0.6 is 0 Å². The van der Waals surface area contributed by atoms with Crippen molar-refractivity contribution in [1.29, 1.82) is 0 Å². The Balaban J connectivity index is 1.43. The van der Waals surface area contributed by atoms with Crippen LogP contribution in [0.4, 0.5) is 0 Å². The molecule has 6 heteroatoms. The number of aromatic amines is 1. The highest BCUT2D eigenvalue weighted by Gasteiger charge is 2.23. The summed E-state index contributed by atoms with van der Waals surface area (Å²) in [6.07, 6.45) is 4.12. The molecule has 1 aromatic heterocycles. The molecule has 1 amide bonds. The standard InChI is InChI=1S/C23H30N4O2/c1-26-12-5-13-27(15-14-26)16-18-10-11-20(22(28)24-18)23(29)25-21-9-4-7-17-6-2-3-8-19(17)21/h2-3,6,8,10-11,21H,4-5,7,9,12-16H2,1H3,(H,24,28)(H,25,29)/t21-/m1/s1. The van der Waals surface area contributed by atoms with Gasteiger partial charge in [0.2, 0.25) is 0 Å². The summed E-state index contributed by atoms with van der Waals surface area (Å²) in [5.41, 5.74) is 3.20. The maximum absolute atomic E-state index is 12.8. The third-order valence-electron chi connectivity index (χ3n) is 6.10. The quantitative estimate of drug-likeness (QED) is 0.835. The van der Waals surface area contributed by atoms with Gasteiger partial charge in [0.1, 0.15) is 5.56 Å². The molecule has 1 fully saturated rings. The summed E-state index contributed by atoms with van der Waals surface area (Å²) >= 11 is 0. The molecular weight excluding hydrogens is 364 g/mol. The summed E-state index contributed by atoms with van der Waals surface area (Å²) in [5.74, 6) is -0.295. The number of benzene rings is 1. The zero-order valence-corrected chi connectivity index (χ0v) is 17.1. The Kier molecular flexibility index (Phi) is 6.11. The van der Waals surface area contributed by atoms with Gasteiger partial charge < -0.3 is 15.2 Å². The number of H-pyrrole nitrogens is 1. The van der Waals surface area contributed by atoms with Crippen molar-refractivity contribution in [2.24, 2.45) is 0 Å². The first-order valence-electron chi connectivity index (χ1n) is 10.6. The first-order chi connectivity index (χ1) is 14.1. The second-order valence-electron chi connectivity index (χ2n) is 8.28. The number of fused-ring (bicyclic) bond motifs is 1. The molecule has 1 saturated heterocycles. The lowest BCUT2D eigenvalue weighted by Gasteiger charge is -2.26. The van der Waals surface area contributed by atoms with Crippen LogP contribution in [0.25, 0.3) is 0 Å². The van der Waals surface area contributed by atoms with Gasteiger partial charge in [-0.25, -0.2) is 0 Å². The van der Waals surface area contributed by atoms with Gasteiger partial charge in [-0.1, -0.05) is 24.3 Å². The lowest BCUT2D eigenvalue weighted by Crippen LogP contribution is -2.35. The average Bonchev–Trinajstić information content (AvgIpc) is 2.92. The summed E-state index contributed by atoms with van der Waals surface area (Å²) in [4.78, 5) is 33.0. The molecule has 0 radical (unpaired) electrons. The predicted octanol–water partition coefficient (Wildman–Crippen LogP) is 2.32. The van der Waals surface area contributed by atoms with E-state index >= 15 is 0 Å². The van der Waals surface area contributed by atoms with Crippen molar-refractivity contribution >= 4 is 5.91 Å². The number of nitrogens with zero attached hydrogens (tertiary/aromatic N) is 2. The van der Waals surface area contributed by atoms with Crippen LogP contribution in [0.5, 0.6) is 0 Å². The number of aromatic nitrogens is 1.